The minimum Gasteiger partial charge on any atom is -0.272 e. The monoisotopic (exact) mass is 217 g/mol. The summed E-state index contributed by atoms with van der Waals surface area (Å²) in [6.45, 7) is 0.738. The average Bonchev–Trinajstić information content (AvgIpc) is 2.70. The van der Waals surface area contributed by atoms with Crippen LogP contribution in [0, 0.1) is 4.77 Å². The van der Waals surface area contributed by atoms with Crippen molar-refractivity contribution in [2.45, 2.75) is 24.6 Å². The van der Waals surface area contributed by atoms with Crippen LogP contribution in [0.5, 0.6) is 0 Å². The SMILES string of the molecule is O=c1[nH][nH]c(=S)n1CC1CCCS1. The molecule has 0 saturated carbocycles. The number of aromatic amines is 2. The molecule has 1 aromatic heterocycles. The molecule has 13 heavy (non-hydrogen) atoms. The van der Waals surface area contributed by atoms with E-state index in [1.807, 2.05) is 11.8 Å². The van der Waals surface area contributed by atoms with Crippen LogP contribution in [-0.4, -0.2) is 25.8 Å². The summed E-state index contributed by atoms with van der Waals surface area (Å²) in [5.74, 6) is 1.21. The molecule has 72 valence electrons. The Morgan fingerprint density at radius 3 is 3.00 bits per heavy atom. The molecule has 0 aromatic carbocycles. The fraction of sp³-hybridized carbons (Fsp3) is 0.714. The Bertz CT molecular complexity index is 357. The maximum atomic E-state index is 11.2. The van der Waals surface area contributed by atoms with E-state index in [9.17, 15) is 4.79 Å². The first kappa shape index (κ1) is 9.08. The van der Waals surface area contributed by atoms with Crippen LogP contribution in [0.3, 0.4) is 0 Å². The first-order valence-corrected chi connectivity index (χ1v) is 5.72. The van der Waals surface area contributed by atoms with Crippen LogP contribution in [0.4, 0.5) is 0 Å². The molecule has 4 nitrogen and oxygen atoms in total. The average molecular weight is 217 g/mol. The van der Waals surface area contributed by atoms with E-state index < -0.39 is 0 Å². The van der Waals surface area contributed by atoms with Crippen LogP contribution in [0.1, 0.15) is 12.8 Å². The Hall–Kier alpha value is -0.490. The first-order valence-electron chi connectivity index (χ1n) is 4.26. The summed E-state index contributed by atoms with van der Waals surface area (Å²) >= 11 is 6.90. The Morgan fingerprint density at radius 1 is 1.62 bits per heavy atom. The van der Waals surface area contributed by atoms with E-state index in [1.54, 1.807) is 4.57 Å². The van der Waals surface area contributed by atoms with Crippen LogP contribution in [0.15, 0.2) is 4.79 Å². The second-order valence-corrected chi connectivity index (χ2v) is 4.90. The van der Waals surface area contributed by atoms with Gasteiger partial charge in [-0.3, -0.25) is 9.67 Å². The lowest BCUT2D eigenvalue weighted by molar-refractivity contribution is 0.615. The van der Waals surface area contributed by atoms with Gasteiger partial charge in [0.05, 0.1) is 0 Å². The van der Waals surface area contributed by atoms with Crippen molar-refractivity contribution in [3.05, 3.63) is 15.3 Å². The Morgan fingerprint density at radius 2 is 2.46 bits per heavy atom. The van der Waals surface area contributed by atoms with Crippen LogP contribution in [0.25, 0.3) is 0 Å². The van der Waals surface area contributed by atoms with Gasteiger partial charge in [0, 0.05) is 11.8 Å². The Kier molecular flexibility index (Phi) is 2.59. The van der Waals surface area contributed by atoms with Crippen molar-refractivity contribution in [1.29, 1.82) is 0 Å². The zero-order valence-corrected chi connectivity index (χ0v) is 8.71. The van der Waals surface area contributed by atoms with E-state index in [1.165, 1.54) is 18.6 Å². The predicted octanol–water partition coefficient (Wildman–Crippen LogP) is 1.13. The molecule has 0 bridgehead atoms. The summed E-state index contributed by atoms with van der Waals surface area (Å²) in [5, 5.41) is 5.68. The highest BCUT2D eigenvalue weighted by atomic mass is 32.2. The molecule has 2 heterocycles. The molecule has 1 aliphatic heterocycles. The van der Waals surface area contributed by atoms with Crippen LogP contribution >= 0.6 is 24.0 Å². The number of hydrogen-bond donors (Lipinski definition) is 2. The predicted molar refractivity (Wildman–Crippen MR) is 55.7 cm³/mol. The molecule has 6 heteroatoms. The van der Waals surface area contributed by atoms with Gasteiger partial charge in [-0.1, -0.05) is 0 Å². The van der Waals surface area contributed by atoms with Crippen LogP contribution in [0.2, 0.25) is 0 Å². The molecule has 1 unspecified atom stereocenters. The van der Waals surface area contributed by atoms with Crippen molar-refractivity contribution in [2.24, 2.45) is 0 Å². The molecule has 2 N–H and O–H groups in total. The van der Waals surface area contributed by atoms with E-state index in [4.69, 9.17) is 12.2 Å². The number of nitrogens with one attached hydrogen (secondary N) is 2. The molecule has 2 rings (SSSR count). The van der Waals surface area contributed by atoms with Gasteiger partial charge in [0.1, 0.15) is 0 Å². The van der Waals surface area contributed by atoms with Crippen molar-refractivity contribution < 1.29 is 0 Å². The van der Waals surface area contributed by atoms with Gasteiger partial charge >= 0.3 is 5.69 Å². The Labute approximate surface area is 84.7 Å². The molecular weight excluding hydrogens is 206 g/mol. The number of rotatable bonds is 2. The number of nitrogens with zero attached hydrogens (tertiary/aromatic N) is 1. The highest BCUT2D eigenvalue weighted by molar-refractivity contribution is 8.00. The molecule has 1 saturated heterocycles. The minimum absolute atomic E-state index is 0.127. The van der Waals surface area contributed by atoms with Crippen LogP contribution < -0.4 is 5.69 Å². The van der Waals surface area contributed by atoms with Crippen molar-refractivity contribution >= 4 is 24.0 Å². The molecule has 1 aromatic rings. The molecule has 0 amide bonds. The fourth-order valence-electron chi connectivity index (χ4n) is 1.49. The standard InChI is InChI=1S/C7H11N3OS2/c11-6-8-9-7(12)10(6)4-5-2-1-3-13-5/h5H,1-4H2,(H,8,11)(H,9,12). The number of H-pyrrole nitrogens is 2. The Balaban J connectivity index is 2.17. The van der Waals surface area contributed by atoms with Gasteiger partial charge in [-0.15, -0.1) is 0 Å². The molecule has 0 spiro atoms. The van der Waals surface area contributed by atoms with Gasteiger partial charge in [-0.2, -0.15) is 11.8 Å². The first-order chi connectivity index (χ1) is 6.27. The van der Waals surface area contributed by atoms with E-state index >= 15 is 0 Å². The molecule has 1 fully saturated rings. The third-order valence-corrected chi connectivity index (χ3v) is 3.88. The number of hydrogen-bond acceptors (Lipinski definition) is 3. The number of thioether (sulfide) groups is 1. The lowest BCUT2D eigenvalue weighted by Crippen LogP contribution is -2.22. The third-order valence-electron chi connectivity index (χ3n) is 2.18. The quantitative estimate of drug-likeness (QED) is 0.730. The summed E-state index contributed by atoms with van der Waals surface area (Å²) in [6, 6.07) is 0. The maximum absolute atomic E-state index is 11.2. The van der Waals surface area contributed by atoms with E-state index in [2.05, 4.69) is 10.2 Å². The zero-order chi connectivity index (χ0) is 9.26. The summed E-state index contributed by atoms with van der Waals surface area (Å²) in [4.78, 5) is 11.2. The molecule has 0 radical (unpaired) electrons. The van der Waals surface area contributed by atoms with Crippen molar-refractivity contribution in [1.82, 2.24) is 14.8 Å². The molecule has 1 atom stereocenters. The lowest BCUT2D eigenvalue weighted by Gasteiger charge is -2.06. The molecule has 0 aliphatic carbocycles. The maximum Gasteiger partial charge on any atom is 0.342 e. The lowest BCUT2D eigenvalue weighted by atomic mass is 10.2. The van der Waals surface area contributed by atoms with Gasteiger partial charge in [-0.25, -0.2) is 9.89 Å². The van der Waals surface area contributed by atoms with Gasteiger partial charge in [0.2, 0.25) is 0 Å². The molecule has 1 aliphatic rings. The van der Waals surface area contributed by atoms with E-state index in [-0.39, 0.29) is 5.69 Å². The third kappa shape index (κ3) is 1.88. The second-order valence-electron chi connectivity index (χ2n) is 3.11. The fourth-order valence-corrected chi connectivity index (χ4v) is 2.95. The van der Waals surface area contributed by atoms with Gasteiger partial charge in [-0.05, 0) is 30.8 Å². The van der Waals surface area contributed by atoms with E-state index in [0.29, 0.717) is 10.0 Å². The normalized spacial score (nSPS) is 22.3. The highest BCUT2D eigenvalue weighted by Crippen LogP contribution is 2.26. The summed E-state index contributed by atoms with van der Waals surface area (Å²) in [5.41, 5.74) is -0.127. The van der Waals surface area contributed by atoms with Crippen molar-refractivity contribution in [2.75, 3.05) is 5.75 Å². The summed E-state index contributed by atoms with van der Waals surface area (Å²) < 4.78 is 2.09. The van der Waals surface area contributed by atoms with Crippen molar-refractivity contribution in [3.8, 4) is 0 Å². The number of aromatic nitrogens is 3. The van der Waals surface area contributed by atoms with Gasteiger partial charge < -0.3 is 0 Å². The van der Waals surface area contributed by atoms with Gasteiger partial charge in [0.15, 0.2) is 4.77 Å². The molecular formula is C7H11N3OS2. The zero-order valence-electron chi connectivity index (χ0n) is 7.08. The summed E-state index contributed by atoms with van der Waals surface area (Å²) in [7, 11) is 0. The smallest absolute Gasteiger partial charge is 0.272 e. The largest absolute Gasteiger partial charge is 0.342 e. The summed E-state index contributed by atoms with van der Waals surface area (Å²) in [6.07, 6.45) is 2.45. The van der Waals surface area contributed by atoms with Crippen molar-refractivity contribution in [3.63, 3.8) is 0 Å². The highest BCUT2D eigenvalue weighted by Gasteiger charge is 2.17. The van der Waals surface area contributed by atoms with Crippen LogP contribution in [-0.2, 0) is 6.54 Å². The second kappa shape index (κ2) is 3.71. The topological polar surface area (TPSA) is 53.6 Å². The van der Waals surface area contributed by atoms with E-state index in [0.717, 1.165) is 6.54 Å². The minimum atomic E-state index is -0.127. The van der Waals surface area contributed by atoms with Gasteiger partial charge in [0.25, 0.3) is 0 Å².